The fourth-order valence-corrected chi connectivity index (χ4v) is 2.04. The van der Waals surface area contributed by atoms with Crippen molar-refractivity contribution in [2.24, 2.45) is 11.5 Å². The van der Waals surface area contributed by atoms with Crippen molar-refractivity contribution in [3.05, 3.63) is 33.8 Å². The van der Waals surface area contributed by atoms with Crippen molar-refractivity contribution in [2.75, 3.05) is 13.1 Å². The molecule has 1 unspecified atom stereocenters. The molecule has 0 saturated carbocycles. The average Bonchev–Trinajstić information content (AvgIpc) is 2.32. The lowest BCUT2D eigenvalue weighted by molar-refractivity contribution is -0.118. The monoisotopic (exact) mass is 319 g/mol. The molecule has 20 heavy (non-hydrogen) atoms. The van der Waals surface area contributed by atoms with Gasteiger partial charge in [-0.25, -0.2) is 4.79 Å². The van der Waals surface area contributed by atoms with Gasteiger partial charge in [-0.15, -0.1) is 0 Å². The number of benzene rings is 1. The molecule has 5 N–H and O–H groups in total. The van der Waals surface area contributed by atoms with Crippen LogP contribution in [0.5, 0.6) is 0 Å². The second kappa shape index (κ2) is 7.33. The van der Waals surface area contributed by atoms with Crippen molar-refractivity contribution in [3.63, 3.8) is 0 Å². The summed E-state index contributed by atoms with van der Waals surface area (Å²) in [5.74, 6) is -0.728. The number of carbonyl (C=O) groups is 2. The molecule has 110 valence electrons. The maximum atomic E-state index is 10.9. The molecular weight excluding hydrogens is 305 g/mol. The van der Waals surface area contributed by atoms with Gasteiger partial charge in [-0.2, -0.15) is 0 Å². The number of hydrogen-bond acceptors (Lipinski definition) is 3. The van der Waals surface area contributed by atoms with Crippen molar-refractivity contribution >= 4 is 35.2 Å². The lowest BCUT2D eigenvalue weighted by atomic mass is 10.1. The second-order valence-corrected chi connectivity index (χ2v) is 5.16. The quantitative estimate of drug-likeness (QED) is 0.734. The first-order chi connectivity index (χ1) is 9.29. The Labute approximate surface area is 126 Å². The van der Waals surface area contributed by atoms with Crippen LogP contribution >= 0.6 is 23.2 Å². The standard InChI is InChI=1S/C12H15Cl2N3O3/c13-9-2-1-7(4-10(9)14)3-8(15)5-17(12(19)20)6-11(16)18/h1-2,4,8H,3,5-6,15H2,(H2,16,18)(H,19,20). The third kappa shape index (κ3) is 5.24. The van der Waals surface area contributed by atoms with Gasteiger partial charge in [0.15, 0.2) is 0 Å². The van der Waals surface area contributed by atoms with E-state index in [1.165, 1.54) is 0 Å². The molecule has 0 aliphatic carbocycles. The molecule has 1 aromatic rings. The van der Waals surface area contributed by atoms with E-state index < -0.39 is 18.0 Å². The Morgan fingerprint density at radius 2 is 1.95 bits per heavy atom. The number of nitrogens with zero attached hydrogens (tertiary/aromatic N) is 1. The minimum absolute atomic E-state index is 0.00147. The molecule has 0 fully saturated rings. The van der Waals surface area contributed by atoms with E-state index in [1.807, 2.05) is 0 Å². The van der Waals surface area contributed by atoms with Crippen LogP contribution in [0.2, 0.25) is 10.0 Å². The minimum Gasteiger partial charge on any atom is -0.465 e. The SMILES string of the molecule is NC(=O)CN(CC(N)Cc1ccc(Cl)c(Cl)c1)C(=O)O. The highest BCUT2D eigenvalue weighted by Gasteiger charge is 2.18. The lowest BCUT2D eigenvalue weighted by Gasteiger charge is -2.21. The van der Waals surface area contributed by atoms with Crippen molar-refractivity contribution in [3.8, 4) is 0 Å². The first-order valence-electron chi connectivity index (χ1n) is 5.75. The van der Waals surface area contributed by atoms with E-state index in [0.717, 1.165) is 10.5 Å². The van der Waals surface area contributed by atoms with Crippen LogP contribution in [0.1, 0.15) is 5.56 Å². The van der Waals surface area contributed by atoms with Gasteiger partial charge in [-0.1, -0.05) is 29.3 Å². The van der Waals surface area contributed by atoms with Crippen molar-refractivity contribution in [1.82, 2.24) is 4.90 Å². The van der Waals surface area contributed by atoms with E-state index >= 15 is 0 Å². The molecule has 1 rings (SSSR count). The van der Waals surface area contributed by atoms with Crippen LogP contribution in [0.4, 0.5) is 4.79 Å². The number of nitrogens with two attached hydrogens (primary N) is 2. The van der Waals surface area contributed by atoms with Gasteiger partial charge in [0.05, 0.1) is 10.0 Å². The predicted octanol–water partition coefficient (Wildman–Crippen LogP) is 1.33. The summed E-state index contributed by atoms with van der Waals surface area (Å²) >= 11 is 11.7. The molecule has 1 aromatic carbocycles. The van der Waals surface area contributed by atoms with Crippen LogP contribution in [0.3, 0.4) is 0 Å². The highest BCUT2D eigenvalue weighted by molar-refractivity contribution is 6.42. The van der Waals surface area contributed by atoms with E-state index in [1.54, 1.807) is 18.2 Å². The number of carbonyl (C=O) groups excluding carboxylic acids is 1. The topological polar surface area (TPSA) is 110 Å². The smallest absolute Gasteiger partial charge is 0.407 e. The maximum absolute atomic E-state index is 10.9. The lowest BCUT2D eigenvalue weighted by Crippen LogP contribution is -2.45. The third-order valence-electron chi connectivity index (χ3n) is 2.55. The fourth-order valence-electron chi connectivity index (χ4n) is 1.72. The summed E-state index contributed by atoms with van der Waals surface area (Å²) in [6.07, 6.45) is -0.840. The summed E-state index contributed by atoms with van der Waals surface area (Å²) in [7, 11) is 0. The summed E-state index contributed by atoms with van der Waals surface area (Å²) in [5, 5.41) is 9.78. The molecule has 1 atom stereocenters. The molecule has 6 nitrogen and oxygen atoms in total. The first-order valence-corrected chi connectivity index (χ1v) is 6.51. The Morgan fingerprint density at radius 1 is 1.30 bits per heavy atom. The molecule has 0 aromatic heterocycles. The summed E-state index contributed by atoms with van der Waals surface area (Å²) in [4.78, 5) is 22.6. The van der Waals surface area contributed by atoms with E-state index in [-0.39, 0.29) is 13.1 Å². The second-order valence-electron chi connectivity index (χ2n) is 4.34. The maximum Gasteiger partial charge on any atom is 0.407 e. The third-order valence-corrected chi connectivity index (χ3v) is 3.29. The number of primary amides is 1. The highest BCUT2D eigenvalue weighted by Crippen LogP contribution is 2.23. The van der Waals surface area contributed by atoms with Crippen LogP contribution in [-0.2, 0) is 11.2 Å². The van der Waals surface area contributed by atoms with Crippen LogP contribution in [0.15, 0.2) is 18.2 Å². The number of carboxylic acid groups (broad SMARTS) is 1. The Balaban J connectivity index is 2.65. The molecule has 0 bridgehead atoms. The fraction of sp³-hybridized carbons (Fsp3) is 0.333. The summed E-state index contributed by atoms with van der Waals surface area (Å²) in [6.45, 7) is -0.386. The molecule has 8 heteroatoms. The molecule has 0 radical (unpaired) electrons. The molecule has 2 amide bonds. The first kappa shape index (κ1) is 16.6. The summed E-state index contributed by atoms with van der Waals surface area (Å²) < 4.78 is 0. The molecule has 0 aliphatic rings. The highest BCUT2D eigenvalue weighted by atomic mass is 35.5. The van der Waals surface area contributed by atoms with Gasteiger partial charge < -0.3 is 16.6 Å². The van der Waals surface area contributed by atoms with Gasteiger partial charge >= 0.3 is 6.09 Å². The van der Waals surface area contributed by atoms with E-state index in [9.17, 15) is 9.59 Å². The predicted molar refractivity (Wildman–Crippen MR) is 76.9 cm³/mol. The van der Waals surface area contributed by atoms with Gasteiger partial charge in [0.1, 0.15) is 6.54 Å². The van der Waals surface area contributed by atoms with Gasteiger partial charge in [-0.3, -0.25) is 9.69 Å². The summed E-state index contributed by atoms with van der Waals surface area (Å²) in [6, 6.07) is 4.59. The Hall–Kier alpha value is -1.50. The summed E-state index contributed by atoms with van der Waals surface area (Å²) in [5.41, 5.74) is 11.7. The van der Waals surface area contributed by atoms with Crippen LogP contribution in [0.25, 0.3) is 0 Å². The molecule has 0 saturated heterocycles. The largest absolute Gasteiger partial charge is 0.465 e. The van der Waals surface area contributed by atoms with Gasteiger partial charge in [0.2, 0.25) is 5.91 Å². The van der Waals surface area contributed by atoms with Crippen molar-refractivity contribution < 1.29 is 14.7 Å². The zero-order chi connectivity index (χ0) is 15.3. The zero-order valence-electron chi connectivity index (χ0n) is 10.6. The van der Waals surface area contributed by atoms with Gasteiger partial charge in [0, 0.05) is 12.6 Å². The molecule has 0 heterocycles. The van der Waals surface area contributed by atoms with Crippen molar-refractivity contribution in [1.29, 1.82) is 0 Å². The molecule has 0 aliphatic heterocycles. The Kier molecular flexibility index (Phi) is 6.06. The Bertz CT molecular complexity index is 511. The minimum atomic E-state index is -1.24. The number of hydrogen-bond donors (Lipinski definition) is 3. The van der Waals surface area contributed by atoms with E-state index in [2.05, 4.69) is 0 Å². The Morgan fingerprint density at radius 3 is 2.45 bits per heavy atom. The van der Waals surface area contributed by atoms with E-state index in [4.69, 9.17) is 39.8 Å². The van der Waals surface area contributed by atoms with Crippen LogP contribution in [0, 0.1) is 0 Å². The van der Waals surface area contributed by atoms with Gasteiger partial charge in [0.25, 0.3) is 0 Å². The number of amides is 2. The van der Waals surface area contributed by atoms with E-state index in [0.29, 0.717) is 16.5 Å². The number of rotatable bonds is 6. The normalized spacial score (nSPS) is 11.9. The zero-order valence-corrected chi connectivity index (χ0v) is 12.1. The van der Waals surface area contributed by atoms with Crippen LogP contribution in [-0.4, -0.2) is 41.1 Å². The van der Waals surface area contributed by atoms with Crippen LogP contribution < -0.4 is 11.5 Å². The van der Waals surface area contributed by atoms with Gasteiger partial charge in [-0.05, 0) is 24.1 Å². The number of halogens is 2. The average molecular weight is 320 g/mol. The molecular formula is C12H15Cl2N3O3. The van der Waals surface area contributed by atoms with Crippen molar-refractivity contribution in [2.45, 2.75) is 12.5 Å². The molecule has 0 spiro atoms.